The Kier molecular flexibility index (Phi) is 3.27. The van der Waals surface area contributed by atoms with Crippen molar-refractivity contribution in [2.75, 3.05) is 37.9 Å². The van der Waals surface area contributed by atoms with Crippen LogP contribution in [0.2, 0.25) is 0 Å². The second-order valence-electron chi connectivity index (χ2n) is 5.71. The molecule has 2 heterocycles. The van der Waals surface area contributed by atoms with Crippen molar-refractivity contribution in [1.82, 2.24) is 4.90 Å². The molecule has 0 radical (unpaired) electrons. The number of benzene rings is 1. The molecule has 2 aliphatic heterocycles. The number of rotatable bonds is 2. The van der Waals surface area contributed by atoms with Crippen LogP contribution in [-0.2, 0) is 0 Å². The minimum atomic E-state index is 0.665. The molecule has 2 atom stereocenters. The molecule has 0 aromatic heterocycles. The average Bonchev–Trinajstić information content (AvgIpc) is 2.65. The van der Waals surface area contributed by atoms with Crippen LogP contribution in [0.5, 0.6) is 5.75 Å². The van der Waals surface area contributed by atoms with Gasteiger partial charge in [-0.3, -0.25) is 4.90 Å². The summed E-state index contributed by atoms with van der Waals surface area (Å²) in [7, 11) is 3.97. The quantitative estimate of drug-likeness (QED) is 0.826. The van der Waals surface area contributed by atoms with Crippen molar-refractivity contribution >= 4 is 11.4 Å². The third-order valence-corrected chi connectivity index (χ3v) is 4.73. The molecule has 2 aliphatic rings. The minimum Gasteiger partial charge on any atom is -0.497 e. The number of anilines is 2. The molecule has 3 rings (SSSR count). The van der Waals surface area contributed by atoms with Gasteiger partial charge in [0.15, 0.2) is 0 Å². The number of hydrogen-bond donors (Lipinski definition) is 1. The number of nitrogens with two attached hydrogens (primary N) is 1. The Hall–Kier alpha value is -1.42. The van der Waals surface area contributed by atoms with Gasteiger partial charge in [0, 0.05) is 31.2 Å². The fraction of sp³-hybridized carbons (Fsp3) is 0.600. The maximum absolute atomic E-state index is 6.15. The fourth-order valence-corrected chi connectivity index (χ4v) is 3.45. The van der Waals surface area contributed by atoms with Crippen LogP contribution in [0, 0.1) is 0 Å². The smallest absolute Gasteiger partial charge is 0.121 e. The number of hydrogen-bond acceptors (Lipinski definition) is 4. The number of nitrogen functional groups attached to an aromatic ring is 1. The van der Waals surface area contributed by atoms with E-state index in [1.807, 2.05) is 12.1 Å². The molecule has 1 aromatic carbocycles. The van der Waals surface area contributed by atoms with E-state index in [9.17, 15) is 0 Å². The van der Waals surface area contributed by atoms with E-state index in [2.05, 4.69) is 22.9 Å². The first-order valence-electron chi connectivity index (χ1n) is 7.09. The van der Waals surface area contributed by atoms with Crippen molar-refractivity contribution in [2.24, 2.45) is 0 Å². The highest BCUT2D eigenvalue weighted by atomic mass is 16.5. The second kappa shape index (κ2) is 4.93. The van der Waals surface area contributed by atoms with Crippen LogP contribution in [0.3, 0.4) is 0 Å². The summed E-state index contributed by atoms with van der Waals surface area (Å²) in [4.78, 5) is 4.98. The number of ether oxygens (including phenoxy) is 1. The zero-order chi connectivity index (χ0) is 13.4. The molecule has 0 spiro atoms. The molecule has 4 nitrogen and oxygen atoms in total. The van der Waals surface area contributed by atoms with E-state index < -0.39 is 0 Å². The zero-order valence-corrected chi connectivity index (χ0v) is 11.8. The summed E-state index contributed by atoms with van der Waals surface area (Å²) in [6.07, 6.45) is 3.88. The standard InChI is InChI=1S/C15H23N3O/c1-17-11-3-4-12(17)10-18(8-7-11)15-9-13(19-2)5-6-14(15)16/h5-6,9,11-12H,3-4,7-8,10,16H2,1-2H3. The Balaban J connectivity index is 1.86. The molecule has 19 heavy (non-hydrogen) atoms. The van der Waals surface area contributed by atoms with Crippen molar-refractivity contribution in [3.8, 4) is 5.75 Å². The van der Waals surface area contributed by atoms with Gasteiger partial charge in [0.25, 0.3) is 0 Å². The van der Waals surface area contributed by atoms with Gasteiger partial charge in [0.2, 0.25) is 0 Å². The molecule has 1 aromatic rings. The lowest BCUT2D eigenvalue weighted by molar-refractivity contribution is 0.254. The van der Waals surface area contributed by atoms with Crippen molar-refractivity contribution in [3.63, 3.8) is 0 Å². The summed E-state index contributed by atoms with van der Waals surface area (Å²) in [5, 5.41) is 0. The van der Waals surface area contributed by atoms with Crippen LogP contribution in [-0.4, -0.2) is 44.2 Å². The minimum absolute atomic E-state index is 0.665. The van der Waals surface area contributed by atoms with Crippen LogP contribution in [0.25, 0.3) is 0 Å². The van der Waals surface area contributed by atoms with Crippen LogP contribution in [0.15, 0.2) is 18.2 Å². The first-order chi connectivity index (χ1) is 9.19. The summed E-state index contributed by atoms with van der Waals surface area (Å²) in [5.74, 6) is 0.881. The molecular formula is C15H23N3O. The normalized spacial score (nSPS) is 27.4. The predicted molar refractivity (Wildman–Crippen MR) is 78.8 cm³/mol. The van der Waals surface area contributed by atoms with Gasteiger partial charge in [-0.25, -0.2) is 0 Å². The van der Waals surface area contributed by atoms with E-state index >= 15 is 0 Å². The lowest BCUT2D eigenvalue weighted by atomic mass is 10.1. The van der Waals surface area contributed by atoms with Gasteiger partial charge >= 0.3 is 0 Å². The Labute approximate surface area is 115 Å². The van der Waals surface area contributed by atoms with Crippen molar-refractivity contribution < 1.29 is 4.74 Å². The first kappa shape index (κ1) is 12.6. The molecule has 0 aliphatic carbocycles. The molecule has 2 fully saturated rings. The largest absolute Gasteiger partial charge is 0.497 e. The van der Waals surface area contributed by atoms with Crippen LogP contribution in [0.1, 0.15) is 19.3 Å². The van der Waals surface area contributed by atoms with Crippen molar-refractivity contribution in [2.45, 2.75) is 31.3 Å². The third kappa shape index (κ3) is 2.25. The first-order valence-corrected chi connectivity index (χ1v) is 7.09. The Morgan fingerprint density at radius 3 is 2.79 bits per heavy atom. The second-order valence-corrected chi connectivity index (χ2v) is 5.71. The number of fused-ring (bicyclic) bond motifs is 2. The molecular weight excluding hydrogens is 238 g/mol. The summed E-state index contributed by atoms with van der Waals surface area (Å²) >= 11 is 0. The summed E-state index contributed by atoms with van der Waals surface area (Å²) < 4.78 is 5.32. The van der Waals surface area contributed by atoms with E-state index in [-0.39, 0.29) is 0 Å². The van der Waals surface area contributed by atoms with Crippen molar-refractivity contribution in [3.05, 3.63) is 18.2 Å². The number of likely N-dealkylation sites (N-methyl/N-ethyl adjacent to an activating group) is 1. The van der Waals surface area contributed by atoms with E-state index in [1.54, 1.807) is 7.11 Å². The predicted octanol–water partition coefficient (Wildman–Crippen LogP) is 1.95. The summed E-state index contributed by atoms with van der Waals surface area (Å²) in [5.41, 5.74) is 8.12. The summed E-state index contributed by atoms with van der Waals surface area (Å²) in [6, 6.07) is 7.35. The molecule has 2 unspecified atom stereocenters. The number of nitrogens with zero attached hydrogens (tertiary/aromatic N) is 2. The van der Waals surface area contributed by atoms with E-state index in [0.717, 1.165) is 36.3 Å². The highest BCUT2D eigenvalue weighted by Crippen LogP contribution is 2.34. The van der Waals surface area contributed by atoms with Crippen LogP contribution in [0.4, 0.5) is 11.4 Å². The van der Waals surface area contributed by atoms with Gasteiger partial charge in [0.1, 0.15) is 5.75 Å². The Morgan fingerprint density at radius 1 is 1.21 bits per heavy atom. The van der Waals surface area contributed by atoms with Gasteiger partial charge < -0.3 is 15.4 Å². The molecule has 2 N–H and O–H groups in total. The highest BCUT2D eigenvalue weighted by Gasteiger charge is 2.35. The monoisotopic (exact) mass is 261 g/mol. The lowest BCUT2D eigenvalue weighted by Crippen LogP contribution is -2.36. The number of methoxy groups -OCH3 is 1. The van der Waals surface area contributed by atoms with Crippen LogP contribution < -0.4 is 15.4 Å². The van der Waals surface area contributed by atoms with E-state index in [1.165, 1.54) is 19.3 Å². The van der Waals surface area contributed by atoms with Gasteiger partial charge in [0.05, 0.1) is 18.5 Å². The molecule has 4 heteroatoms. The Bertz CT molecular complexity index is 463. The third-order valence-electron chi connectivity index (χ3n) is 4.73. The van der Waals surface area contributed by atoms with Gasteiger partial charge in [-0.2, -0.15) is 0 Å². The maximum atomic E-state index is 6.15. The summed E-state index contributed by atoms with van der Waals surface area (Å²) in [6.45, 7) is 2.16. The topological polar surface area (TPSA) is 41.7 Å². The molecule has 0 saturated carbocycles. The molecule has 0 amide bonds. The Morgan fingerprint density at radius 2 is 2.00 bits per heavy atom. The zero-order valence-electron chi connectivity index (χ0n) is 11.8. The fourth-order valence-electron chi connectivity index (χ4n) is 3.45. The highest BCUT2D eigenvalue weighted by molar-refractivity contribution is 5.69. The average molecular weight is 261 g/mol. The lowest BCUT2D eigenvalue weighted by Gasteiger charge is -2.28. The van der Waals surface area contributed by atoms with Gasteiger partial charge in [-0.15, -0.1) is 0 Å². The van der Waals surface area contributed by atoms with Gasteiger partial charge in [-0.1, -0.05) is 0 Å². The maximum Gasteiger partial charge on any atom is 0.121 e. The van der Waals surface area contributed by atoms with Crippen LogP contribution >= 0.6 is 0 Å². The van der Waals surface area contributed by atoms with Crippen molar-refractivity contribution in [1.29, 1.82) is 0 Å². The molecule has 2 bridgehead atoms. The van der Waals surface area contributed by atoms with Gasteiger partial charge in [-0.05, 0) is 38.4 Å². The van der Waals surface area contributed by atoms with E-state index in [0.29, 0.717) is 6.04 Å². The SMILES string of the molecule is COc1ccc(N)c(N2CCC3CCC(C2)N3C)c1. The molecule has 104 valence electrons. The molecule has 2 saturated heterocycles. The van der Waals surface area contributed by atoms with E-state index in [4.69, 9.17) is 10.5 Å².